The third kappa shape index (κ3) is 9.39. The molecule has 4 heteroatoms. The Morgan fingerprint density at radius 1 is 1.27 bits per heavy atom. The van der Waals surface area contributed by atoms with Gasteiger partial charge >= 0.3 is 5.97 Å². The molecule has 0 unspecified atom stereocenters. The maximum atomic E-state index is 9.97. The lowest BCUT2D eigenvalue weighted by molar-refractivity contribution is -0.138. The van der Waals surface area contributed by atoms with Crippen LogP contribution in [0.15, 0.2) is 0 Å². The molecule has 0 spiro atoms. The summed E-state index contributed by atoms with van der Waals surface area (Å²) in [6.07, 6.45) is 1.56. The summed E-state index contributed by atoms with van der Waals surface area (Å²) in [6.45, 7) is 0.969. The van der Waals surface area contributed by atoms with Crippen LogP contribution in [-0.2, 0) is 9.53 Å². The zero-order valence-corrected chi connectivity index (χ0v) is 6.45. The van der Waals surface area contributed by atoms with Gasteiger partial charge in [0.05, 0.1) is 13.0 Å². The van der Waals surface area contributed by atoms with Gasteiger partial charge in [-0.05, 0) is 12.8 Å². The lowest BCUT2D eigenvalue weighted by Crippen LogP contribution is -2.03. The van der Waals surface area contributed by atoms with Crippen molar-refractivity contribution in [3.63, 3.8) is 0 Å². The Morgan fingerprint density at radius 2 is 2.00 bits per heavy atom. The first-order valence-corrected chi connectivity index (χ1v) is 3.67. The number of rotatable bonds is 7. The van der Waals surface area contributed by atoms with Crippen LogP contribution in [0.1, 0.15) is 19.3 Å². The van der Waals surface area contributed by atoms with Gasteiger partial charge < -0.3 is 14.9 Å². The molecule has 0 rings (SSSR count). The zero-order valence-electron chi connectivity index (χ0n) is 6.45. The molecule has 0 saturated heterocycles. The highest BCUT2D eigenvalue weighted by Gasteiger charge is 1.95. The molecule has 0 aromatic heterocycles. The van der Waals surface area contributed by atoms with Crippen molar-refractivity contribution in [1.29, 1.82) is 0 Å². The Kier molecular flexibility index (Phi) is 7.08. The van der Waals surface area contributed by atoms with E-state index in [1.54, 1.807) is 0 Å². The number of aliphatic hydroxyl groups excluding tert-OH is 1. The summed E-state index contributed by atoms with van der Waals surface area (Å²) in [5.41, 5.74) is 0. The van der Waals surface area contributed by atoms with Crippen LogP contribution in [0, 0.1) is 0 Å². The SMILES string of the molecule is O=C(O)CCOCCCCO. The molecule has 11 heavy (non-hydrogen) atoms. The van der Waals surface area contributed by atoms with Crippen LogP contribution >= 0.6 is 0 Å². The van der Waals surface area contributed by atoms with E-state index < -0.39 is 5.97 Å². The molecule has 0 aromatic rings. The summed E-state index contributed by atoms with van der Waals surface area (Å²) in [6, 6.07) is 0. The van der Waals surface area contributed by atoms with Crippen LogP contribution in [0.3, 0.4) is 0 Å². The van der Waals surface area contributed by atoms with Gasteiger partial charge in [0.15, 0.2) is 0 Å². The number of carbonyl (C=O) groups is 1. The number of carboxylic acids is 1. The Labute approximate surface area is 65.8 Å². The second kappa shape index (κ2) is 7.50. The van der Waals surface area contributed by atoms with E-state index in [1.807, 2.05) is 0 Å². The molecule has 66 valence electrons. The Balaban J connectivity index is 2.85. The van der Waals surface area contributed by atoms with E-state index in [-0.39, 0.29) is 19.6 Å². The van der Waals surface area contributed by atoms with E-state index in [0.29, 0.717) is 13.0 Å². The molecule has 0 amide bonds. The second-order valence-electron chi connectivity index (χ2n) is 2.19. The lowest BCUT2D eigenvalue weighted by Gasteiger charge is -1.99. The largest absolute Gasteiger partial charge is 0.481 e. The van der Waals surface area contributed by atoms with Crippen molar-refractivity contribution in [2.75, 3.05) is 19.8 Å². The van der Waals surface area contributed by atoms with Crippen molar-refractivity contribution in [3.05, 3.63) is 0 Å². The van der Waals surface area contributed by atoms with Crippen LogP contribution in [0.2, 0.25) is 0 Å². The fraction of sp³-hybridized carbons (Fsp3) is 0.857. The number of hydrogen-bond acceptors (Lipinski definition) is 3. The summed E-state index contributed by atoms with van der Waals surface area (Å²) in [5.74, 6) is -0.841. The molecular weight excluding hydrogens is 148 g/mol. The Morgan fingerprint density at radius 3 is 2.55 bits per heavy atom. The first-order valence-electron chi connectivity index (χ1n) is 3.67. The monoisotopic (exact) mass is 162 g/mol. The van der Waals surface area contributed by atoms with E-state index in [2.05, 4.69) is 0 Å². The highest BCUT2D eigenvalue weighted by atomic mass is 16.5. The molecule has 0 aliphatic heterocycles. The van der Waals surface area contributed by atoms with Gasteiger partial charge in [-0.25, -0.2) is 0 Å². The van der Waals surface area contributed by atoms with Crippen LogP contribution in [0.5, 0.6) is 0 Å². The van der Waals surface area contributed by atoms with Gasteiger partial charge in [0.1, 0.15) is 0 Å². The highest BCUT2D eigenvalue weighted by molar-refractivity contribution is 5.66. The molecule has 0 heterocycles. The lowest BCUT2D eigenvalue weighted by atomic mass is 10.3. The minimum absolute atomic E-state index is 0.0547. The molecule has 4 nitrogen and oxygen atoms in total. The standard InChI is InChI=1S/C7H14O4/c8-4-1-2-5-11-6-3-7(9)10/h8H,1-6H2,(H,9,10). The fourth-order valence-corrected chi connectivity index (χ4v) is 0.577. The maximum absolute atomic E-state index is 9.97. The van der Waals surface area contributed by atoms with E-state index in [1.165, 1.54) is 0 Å². The third-order valence-electron chi connectivity index (χ3n) is 1.16. The van der Waals surface area contributed by atoms with Crippen molar-refractivity contribution >= 4 is 5.97 Å². The number of unbranched alkanes of at least 4 members (excludes halogenated alkanes) is 1. The number of aliphatic hydroxyl groups is 1. The minimum atomic E-state index is -0.841. The number of ether oxygens (including phenoxy) is 1. The molecule has 0 saturated carbocycles. The molecule has 0 aromatic carbocycles. The summed E-state index contributed by atoms with van der Waals surface area (Å²) >= 11 is 0. The Hall–Kier alpha value is -0.610. The van der Waals surface area contributed by atoms with Gasteiger partial charge in [-0.3, -0.25) is 4.79 Å². The number of carboxylic acid groups (broad SMARTS) is 1. The molecular formula is C7H14O4. The molecule has 0 fully saturated rings. The van der Waals surface area contributed by atoms with Gasteiger partial charge in [-0.15, -0.1) is 0 Å². The molecule has 0 atom stereocenters. The van der Waals surface area contributed by atoms with Gasteiger partial charge in [0.2, 0.25) is 0 Å². The van der Waals surface area contributed by atoms with Crippen molar-refractivity contribution < 1.29 is 19.7 Å². The van der Waals surface area contributed by atoms with Gasteiger partial charge in [-0.2, -0.15) is 0 Å². The van der Waals surface area contributed by atoms with E-state index >= 15 is 0 Å². The van der Waals surface area contributed by atoms with Gasteiger partial charge in [-0.1, -0.05) is 0 Å². The number of hydrogen-bond donors (Lipinski definition) is 2. The van der Waals surface area contributed by atoms with Gasteiger partial charge in [0, 0.05) is 13.2 Å². The average molecular weight is 162 g/mol. The van der Waals surface area contributed by atoms with Gasteiger partial charge in [0.25, 0.3) is 0 Å². The van der Waals surface area contributed by atoms with Crippen LogP contribution in [-0.4, -0.2) is 36.0 Å². The topological polar surface area (TPSA) is 66.8 Å². The highest BCUT2D eigenvalue weighted by Crippen LogP contribution is 1.89. The normalized spacial score (nSPS) is 9.91. The predicted octanol–water partition coefficient (Wildman–Crippen LogP) is 0.250. The predicted molar refractivity (Wildman–Crippen MR) is 39.4 cm³/mol. The summed E-state index contributed by atoms with van der Waals surface area (Å²) < 4.78 is 4.95. The van der Waals surface area contributed by atoms with Crippen molar-refractivity contribution in [1.82, 2.24) is 0 Å². The first-order chi connectivity index (χ1) is 5.27. The zero-order chi connectivity index (χ0) is 8.53. The average Bonchev–Trinajstić information content (AvgIpc) is 1.96. The van der Waals surface area contributed by atoms with Crippen LogP contribution in [0.4, 0.5) is 0 Å². The van der Waals surface area contributed by atoms with Crippen LogP contribution < -0.4 is 0 Å². The Bertz CT molecular complexity index is 103. The maximum Gasteiger partial charge on any atom is 0.305 e. The molecule has 0 aliphatic rings. The quantitative estimate of drug-likeness (QED) is 0.526. The van der Waals surface area contributed by atoms with Crippen molar-refractivity contribution in [2.45, 2.75) is 19.3 Å². The first kappa shape index (κ1) is 10.4. The third-order valence-corrected chi connectivity index (χ3v) is 1.16. The van der Waals surface area contributed by atoms with Crippen molar-refractivity contribution in [3.8, 4) is 0 Å². The molecule has 0 radical (unpaired) electrons. The molecule has 0 aliphatic carbocycles. The van der Waals surface area contributed by atoms with Crippen molar-refractivity contribution in [2.24, 2.45) is 0 Å². The van der Waals surface area contributed by atoms with E-state index in [9.17, 15) is 4.79 Å². The fourth-order valence-electron chi connectivity index (χ4n) is 0.577. The molecule has 2 N–H and O–H groups in total. The summed E-state index contributed by atoms with van der Waals surface area (Å²) in [5, 5.41) is 16.6. The number of aliphatic carboxylic acids is 1. The smallest absolute Gasteiger partial charge is 0.305 e. The second-order valence-corrected chi connectivity index (χ2v) is 2.19. The summed E-state index contributed by atoms with van der Waals surface area (Å²) in [4.78, 5) is 9.97. The minimum Gasteiger partial charge on any atom is -0.481 e. The molecule has 0 bridgehead atoms. The summed E-state index contributed by atoms with van der Waals surface area (Å²) in [7, 11) is 0. The van der Waals surface area contributed by atoms with E-state index in [0.717, 1.165) is 6.42 Å². The van der Waals surface area contributed by atoms with Crippen LogP contribution in [0.25, 0.3) is 0 Å². The van der Waals surface area contributed by atoms with E-state index in [4.69, 9.17) is 14.9 Å².